The Hall–Kier alpha value is -3.49. The minimum absolute atomic E-state index is 0.0550. The molecule has 2 N–H and O–H groups in total. The van der Waals surface area contributed by atoms with Gasteiger partial charge in [0.2, 0.25) is 0 Å². The fourth-order valence-corrected chi connectivity index (χ4v) is 7.58. The summed E-state index contributed by atoms with van der Waals surface area (Å²) in [5.41, 5.74) is 0.121. The van der Waals surface area contributed by atoms with Crippen LogP contribution < -0.4 is 10.1 Å². The van der Waals surface area contributed by atoms with Gasteiger partial charge in [-0.3, -0.25) is 4.79 Å². The van der Waals surface area contributed by atoms with Crippen LogP contribution in [0.25, 0.3) is 5.52 Å². The van der Waals surface area contributed by atoms with E-state index in [1.165, 1.54) is 12.1 Å². The third-order valence-electron chi connectivity index (χ3n) is 8.79. The molecule has 1 atom stereocenters. The van der Waals surface area contributed by atoms with Crippen LogP contribution >= 0.6 is 0 Å². The number of aliphatic carboxylic acids is 1. The highest BCUT2D eigenvalue weighted by molar-refractivity contribution is 6.01. The molecule has 4 aliphatic carbocycles. The van der Waals surface area contributed by atoms with Gasteiger partial charge in [-0.1, -0.05) is 12.1 Å². The van der Waals surface area contributed by atoms with E-state index in [9.17, 15) is 27.9 Å². The Labute approximate surface area is 217 Å². The van der Waals surface area contributed by atoms with Gasteiger partial charge in [-0.15, -0.1) is 0 Å². The Morgan fingerprint density at radius 1 is 1.00 bits per heavy atom. The van der Waals surface area contributed by atoms with Crippen molar-refractivity contribution >= 4 is 17.4 Å². The largest absolute Gasteiger partial charge is 0.486 e. The van der Waals surface area contributed by atoms with Gasteiger partial charge in [0.1, 0.15) is 12.6 Å². The van der Waals surface area contributed by atoms with Crippen LogP contribution in [0.5, 0.6) is 5.75 Å². The molecule has 2 heterocycles. The van der Waals surface area contributed by atoms with Crippen LogP contribution in [0.3, 0.4) is 0 Å². The summed E-state index contributed by atoms with van der Waals surface area (Å²) in [7, 11) is 0. The van der Waals surface area contributed by atoms with Crippen molar-refractivity contribution in [3.63, 3.8) is 0 Å². The first-order valence-corrected chi connectivity index (χ1v) is 13.0. The molecule has 4 fully saturated rings. The number of nitrogens with zero attached hydrogens (tertiary/aromatic N) is 1. The lowest BCUT2D eigenvalue weighted by Gasteiger charge is -2.58. The minimum Gasteiger partial charge on any atom is -0.486 e. The van der Waals surface area contributed by atoms with E-state index in [1.54, 1.807) is 35.0 Å². The number of pyridine rings is 1. The zero-order chi connectivity index (χ0) is 26.7. The monoisotopic (exact) mass is 526 g/mol. The first kappa shape index (κ1) is 24.8. The topological polar surface area (TPSA) is 80.0 Å². The van der Waals surface area contributed by atoms with E-state index in [1.807, 2.05) is 0 Å². The summed E-state index contributed by atoms with van der Waals surface area (Å²) in [4.78, 5) is 26.1. The maximum absolute atomic E-state index is 13.6. The van der Waals surface area contributed by atoms with Gasteiger partial charge in [-0.05, 0) is 92.2 Å². The summed E-state index contributed by atoms with van der Waals surface area (Å²) in [6, 6.07) is 8.82. The van der Waals surface area contributed by atoms with E-state index in [4.69, 9.17) is 4.74 Å². The first-order chi connectivity index (χ1) is 18.1. The number of carbonyl (C=O) groups is 2. The van der Waals surface area contributed by atoms with Crippen molar-refractivity contribution in [2.45, 2.75) is 57.3 Å². The molecule has 0 radical (unpaired) electrons. The first-order valence-electron chi connectivity index (χ1n) is 13.0. The maximum atomic E-state index is 13.6. The summed E-state index contributed by atoms with van der Waals surface area (Å²) in [5, 5.41) is 13.1. The van der Waals surface area contributed by atoms with Crippen LogP contribution in [0.2, 0.25) is 0 Å². The Morgan fingerprint density at radius 3 is 2.21 bits per heavy atom. The molecule has 1 aromatic carbocycles. The molecule has 1 amide bonds. The average Bonchev–Trinajstić information content (AvgIpc) is 3.33. The standard InChI is InChI=1S/C29H29F3N2O4/c30-29(31,32)21-5-3-17(4-6-21)16-38-24-22(7-9-34-8-1-2-23(24)34)26(35)33-25(27(36)37)28-13-18-10-19(14-28)12-20(11-18)15-28/h1-9,18-20,25H,10-16H2,(H,33,35)(H,36,37)/t18?,19?,20?,25-,28?/m1/s1. The number of hydrogen-bond donors (Lipinski definition) is 2. The van der Waals surface area contributed by atoms with Gasteiger partial charge in [0.05, 0.1) is 16.6 Å². The van der Waals surface area contributed by atoms with Crippen molar-refractivity contribution in [2.24, 2.45) is 23.2 Å². The lowest BCUT2D eigenvalue weighted by Crippen LogP contribution is -2.59. The molecule has 0 spiro atoms. The molecule has 2 aromatic heterocycles. The molecule has 7 rings (SSSR count). The Bertz CT molecular complexity index is 1340. The number of amides is 1. The zero-order valence-electron chi connectivity index (χ0n) is 20.7. The highest BCUT2D eigenvalue weighted by atomic mass is 19.4. The second kappa shape index (κ2) is 9.06. The summed E-state index contributed by atoms with van der Waals surface area (Å²) >= 11 is 0. The molecular weight excluding hydrogens is 497 g/mol. The van der Waals surface area contributed by atoms with E-state index in [0.717, 1.165) is 50.7 Å². The van der Waals surface area contributed by atoms with Crippen LogP contribution in [-0.4, -0.2) is 27.4 Å². The molecule has 4 bridgehead atoms. The highest BCUT2D eigenvalue weighted by Gasteiger charge is 2.56. The number of ether oxygens (including phenoxy) is 1. The van der Waals surface area contributed by atoms with Crippen molar-refractivity contribution in [2.75, 3.05) is 0 Å². The SMILES string of the molecule is O=C(N[C@H](C(=O)O)C12CC3CC(CC(C3)C1)C2)c1ccn2cccc2c1OCc1ccc(C(F)(F)F)cc1. The second-order valence-corrected chi connectivity index (χ2v) is 11.4. The van der Waals surface area contributed by atoms with Crippen LogP contribution in [0, 0.1) is 23.2 Å². The molecular formula is C29H29F3N2O4. The molecule has 6 nitrogen and oxygen atoms in total. The molecule has 4 saturated carbocycles. The number of nitrogens with one attached hydrogen (secondary N) is 1. The molecule has 4 aliphatic rings. The smallest absolute Gasteiger partial charge is 0.416 e. The van der Waals surface area contributed by atoms with Crippen molar-refractivity contribution in [1.82, 2.24) is 9.72 Å². The van der Waals surface area contributed by atoms with Crippen LogP contribution in [0.1, 0.15) is 60.0 Å². The third-order valence-corrected chi connectivity index (χ3v) is 8.79. The van der Waals surface area contributed by atoms with E-state index >= 15 is 0 Å². The van der Waals surface area contributed by atoms with Gasteiger partial charge in [0.25, 0.3) is 5.91 Å². The number of benzene rings is 1. The number of rotatable bonds is 7. The van der Waals surface area contributed by atoms with Gasteiger partial charge in [-0.2, -0.15) is 13.2 Å². The number of carboxylic acid groups (broad SMARTS) is 1. The quantitative estimate of drug-likeness (QED) is 0.400. The van der Waals surface area contributed by atoms with Crippen LogP contribution in [0.4, 0.5) is 13.2 Å². The minimum atomic E-state index is -4.43. The molecule has 38 heavy (non-hydrogen) atoms. The number of alkyl halides is 3. The number of hydrogen-bond acceptors (Lipinski definition) is 3. The summed E-state index contributed by atoms with van der Waals surface area (Å²) in [6.07, 6.45) is 5.01. The lowest BCUT2D eigenvalue weighted by atomic mass is 9.47. The van der Waals surface area contributed by atoms with Gasteiger partial charge in [0, 0.05) is 17.8 Å². The van der Waals surface area contributed by atoms with Gasteiger partial charge in [0.15, 0.2) is 5.75 Å². The van der Waals surface area contributed by atoms with Gasteiger partial charge >= 0.3 is 12.1 Å². The molecule has 200 valence electrons. The second-order valence-electron chi connectivity index (χ2n) is 11.4. The maximum Gasteiger partial charge on any atom is 0.416 e. The third kappa shape index (κ3) is 4.41. The van der Waals surface area contributed by atoms with E-state index < -0.39 is 35.1 Å². The van der Waals surface area contributed by atoms with E-state index in [0.29, 0.717) is 28.8 Å². The summed E-state index contributed by atoms with van der Waals surface area (Å²) in [6.45, 7) is -0.0550. The van der Waals surface area contributed by atoms with Crippen LogP contribution in [0.15, 0.2) is 54.9 Å². The number of fused-ring (bicyclic) bond motifs is 1. The Balaban J connectivity index is 1.26. The molecule has 0 unspecified atom stereocenters. The predicted molar refractivity (Wildman–Crippen MR) is 133 cm³/mol. The summed E-state index contributed by atoms with van der Waals surface area (Å²) in [5.74, 6) is 0.291. The predicted octanol–water partition coefficient (Wildman–Crippen LogP) is 5.94. The zero-order valence-corrected chi connectivity index (χ0v) is 20.7. The van der Waals surface area contributed by atoms with Gasteiger partial charge < -0.3 is 19.6 Å². The van der Waals surface area contributed by atoms with Crippen molar-refractivity contribution in [3.8, 4) is 5.75 Å². The number of halogens is 3. The van der Waals surface area contributed by atoms with Crippen LogP contribution in [-0.2, 0) is 17.6 Å². The number of aromatic nitrogens is 1. The molecule has 3 aromatic rings. The van der Waals surface area contributed by atoms with Crippen molar-refractivity contribution in [1.29, 1.82) is 0 Å². The summed E-state index contributed by atoms with van der Waals surface area (Å²) < 4.78 is 46.6. The Kier molecular flexibility index (Phi) is 5.92. The highest BCUT2D eigenvalue weighted by Crippen LogP contribution is 2.61. The normalized spacial score (nSPS) is 26.9. The molecule has 0 saturated heterocycles. The number of carboxylic acids is 1. The fourth-order valence-electron chi connectivity index (χ4n) is 7.58. The van der Waals surface area contributed by atoms with Crippen molar-refractivity contribution < 1.29 is 32.6 Å². The van der Waals surface area contributed by atoms with E-state index in [2.05, 4.69) is 5.32 Å². The number of carbonyl (C=O) groups excluding carboxylic acids is 1. The molecule has 0 aliphatic heterocycles. The van der Waals surface area contributed by atoms with Crippen molar-refractivity contribution in [3.05, 3.63) is 71.5 Å². The average molecular weight is 527 g/mol. The van der Waals surface area contributed by atoms with Gasteiger partial charge in [-0.25, -0.2) is 4.79 Å². The fraction of sp³-hybridized carbons (Fsp3) is 0.448. The Morgan fingerprint density at radius 2 is 1.63 bits per heavy atom. The lowest BCUT2D eigenvalue weighted by molar-refractivity contribution is -0.150. The molecule has 9 heteroatoms. The van der Waals surface area contributed by atoms with E-state index in [-0.39, 0.29) is 17.9 Å².